The van der Waals surface area contributed by atoms with Crippen molar-refractivity contribution in [2.45, 2.75) is 110 Å². The zero-order valence-electron chi connectivity index (χ0n) is 16.2. The highest BCUT2D eigenvalue weighted by Gasteiger charge is 2.01. The molecule has 0 amide bonds. The second-order valence-corrected chi connectivity index (χ2v) is 7.30. The fraction of sp³-hybridized carbons (Fsp3) is 0.773. The summed E-state index contributed by atoms with van der Waals surface area (Å²) in [6, 6.07) is 2.65. The van der Waals surface area contributed by atoms with Crippen LogP contribution in [0.3, 0.4) is 0 Å². The summed E-state index contributed by atoms with van der Waals surface area (Å²) >= 11 is 0. The summed E-state index contributed by atoms with van der Waals surface area (Å²) in [4.78, 5) is 11.1. The average Bonchev–Trinajstić information content (AvgIpc) is 2.57. The molecule has 3 nitrogen and oxygen atoms in total. The number of rotatable bonds is 16. The quantitative estimate of drug-likeness (QED) is 0.335. The molecule has 0 saturated carbocycles. The normalized spacial score (nSPS) is 11.1. The van der Waals surface area contributed by atoms with Gasteiger partial charge in [0.25, 0.3) is 0 Å². The molecule has 1 aromatic rings. The van der Waals surface area contributed by atoms with Crippen molar-refractivity contribution in [1.82, 2.24) is 0 Å². The lowest BCUT2D eigenvalue weighted by atomic mass is 10.0. The standard InChI is InChI=1S/C22H38O3/c1-2-3-4-5-6-7-8-9-10-11-12-13-14-15-16-17-21-18-20(23)19-22(24)25-21/h18-19,23H,2-17H2,1H3. The third-order valence-electron chi connectivity index (χ3n) is 4.83. The lowest BCUT2D eigenvalue weighted by Crippen LogP contribution is -1.98. The second kappa shape index (κ2) is 15.0. The molecular formula is C22H38O3. The smallest absolute Gasteiger partial charge is 0.339 e. The molecule has 3 heteroatoms. The van der Waals surface area contributed by atoms with Crippen LogP contribution in [-0.2, 0) is 6.42 Å². The predicted molar refractivity (Wildman–Crippen MR) is 105 cm³/mol. The summed E-state index contributed by atoms with van der Waals surface area (Å²) in [6.45, 7) is 2.27. The van der Waals surface area contributed by atoms with E-state index >= 15 is 0 Å². The minimum Gasteiger partial charge on any atom is -0.508 e. The molecule has 0 aliphatic heterocycles. The summed E-state index contributed by atoms with van der Waals surface area (Å²) in [5.41, 5.74) is -0.462. The Morgan fingerprint density at radius 3 is 1.60 bits per heavy atom. The van der Waals surface area contributed by atoms with Gasteiger partial charge in [0, 0.05) is 12.5 Å². The zero-order chi connectivity index (χ0) is 18.2. The Labute approximate surface area is 153 Å². The summed E-state index contributed by atoms with van der Waals surface area (Å²) in [7, 11) is 0. The van der Waals surface area contributed by atoms with Crippen LogP contribution >= 0.6 is 0 Å². The van der Waals surface area contributed by atoms with E-state index in [1.807, 2.05) is 0 Å². The van der Waals surface area contributed by atoms with Gasteiger partial charge in [-0.05, 0) is 6.42 Å². The summed E-state index contributed by atoms with van der Waals surface area (Å²) in [5.74, 6) is 0.604. The SMILES string of the molecule is CCCCCCCCCCCCCCCCCc1cc(O)cc(=O)o1. The van der Waals surface area contributed by atoms with Crippen LogP contribution in [0.5, 0.6) is 5.75 Å². The summed E-state index contributed by atoms with van der Waals surface area (Å²) in [5, 5.41) is 9.36. The van der Waals surface area contributed by atoms with E-state index in [1.54, 1.807) is 6.07 Å². The maximum atomic E-state index is 11.1. The van der Waals surface area contributed by atoms with Gasteiger partial charge in [0.2, 0.25) is 0 Å². The van der Waals surface area contributed by atoms with Crippen molar-refractivity contribution >= 4 is 0 Å². The van der Waals surface area contributed by atoms with Crippen molar-refractivity contribution < 1.29 is 9.52 Å². The molecule has 0 aromatic carbocycles. The summed E-state index contributed by atoms with van der Waals surface area (Å²) in [6.07, 6.45) is 20.9. The van der Waals surface area contributed by atoms with E-state index in [9.17, 15) is 9.90 Å². The van der Waals surface area contributed by atoms with Crippen LogP contribution < -0.4 is 5.63 Å². The maximum absolute atomic E-state index is 11.1. The molecule has 0 unspecified atom stereocenters. The van der Waals surface area contributed by atoms with E-state index in [0.717, 1.165) is 25.3 Å². The number of unbranched alkanes of at least 4 members (excludes halogenated alkanes) is 14. The lowest BCUT2D eigenvalue weighted by Gasteiger charge is -2.03. The molecule has 1 N–H and O–H groups in total. The molecular weight excluding hydrogens is 312 g/mol. The highest BCUT2D eigenvalue weighted by atomic mass is 16.4. The average molecular weight is 351 g/mol. The van der Waals surface area contributed by atoms with Gasteiger partial charge in [-0.25, -0.2) is 4.79 Å². The van der Waals surface area contributed by atoms with Gasteiger partial charge in [-0.2, -0.15) is 0 Å². The Balaban J connectivity index is 1.82. The summed E-state index contributed by atoms with van der Waals surface area (Å²) < 4.78 is 5.06. The first-order chi connectivity index (χ1) is 12.2. The monoisotopic (exact) mass is 350 g/mol. The van der Waals surface area contributed by atoms with Gasteiger partial charge in [-0.3, -0.25) is 0 Å². The molecule has 144 valence electrons. The Morgan fingerprint density at radius 2 is 1.16 bits per heavy atom. The first-order valence-electron chi connectivity index (χ1n) is 10.6. The van der Waals surface area contributed by atoms with Gasteiger partial charge < -0.3 is 9.52 Å². The van der Waals surface area contributed by atoms with Crippen LogP contribution in [0.15, 0.2) is 21.3 Å². The van der Waals surface area contributed by atoms with E-state index < -0.39 is 5.63 Å². The highest BCUT2D eigenvalue weighted by molar-refractivity contribution is 5.18. The van der Waals surface area contributed by atoms with Crippen molar-refractivity contribution in [1.29, 1.82) is 0 Å². The first kappa shape index (κ1) is 21.8. The molecule has 0 aliphatic carbocycles. The molecule has 25 heavy (non-hydrogen) atoms. The second-order valence-electron chi connectivity index (χ2n) is 7.30. The fourth-order valence-corrected chi connectivity index (χ4v) is 3.31. The van der Waals surface area contributed by atoms with Crippen molar-refractivity contribution in [2.75, 3.05) is 0 Å². The topological polar surface area (TPSA) is 50.4 Å². The van der Waals surface area contributed by atoms with Crippen LogP contribution in [0.1, 0.15) is 109 Å². The Kier molecular flexibility index (Phi) is 13.1. The minimum atomic E-state index is -0.462. The van der Waals surface area contributed by atoms with Crippen molar-refractivity contribution in [2.24, 2.45) is 0 Å². The Bertz CT molecular complexity index is 478. The molecule has 1 rings (SSSR count). The zero-order valence-corrected chi connectivity index (χ0v) is 16.2. The van der Waals surface area contributed by atoms with Crippen LogP contribution in [0.25, 0.3) is 0 Å². The Morgan fingerprint density at radius 1 is 0.720 bits per heavy atom. The predicted octanol–water partition coefficient (Wildman–Crippen LogP) is 6.76. The minimum absolute atomic E-state index is 0.00668. The number of aryl methyl sites for hydroxylation is 1. The van der Waals surface area contributed by atoms with E-state index in [4.69, 9.17) is 4.42 Å². The van der Waals surface area contributed by atoms with E-state index in [0.29, 0.717) is 5.76 Å². The van der Waals surface area contributed by atoms with Gasteiger partial charge in [0.05, 0.1) is 6.07 Å². The van der Waals surface area contributed by atoms with Crippen LogP contribution in [0.4, 0.5) is 0 Å². The third-order valence-corrected chi connectivity index (χ3v) is 4.83. The number of hydrogen-bond acceptors (Lipinski definition) is 3. The fourth-order valence-electron chi connectivity index (χ4n) is 3.31. The van der Waals surface area contributed by atoms with Crippen LogP contribution in [0.2, 0.25) is 0 Å². The van der Waals surface area contributed by atoms with Gasteiger partial charge in [0.1, 0.15) is 11.5 Å². The van der Waals surface area contributed by atoms with Gasteiger partial charge in [0.15, 0.2) is 0 Å². The van der Waals surface area contributed by atoms with E-state index in [-0.39, 0.29) is 5.75 Å². The molecule has 0 fully saturated rings. The molecule has 0 spiro atoms. The third kappa shape index (κ3) is 12.7. The van der Waals surface area contributed by atoms with Crippen molar-refractivity contribution in [3.05, 3.63) is 28.3 Å². The number of hydrogen-bond donors (Lipinski definition) is 1. The Hall–Kier alpha value is -1.25. The highest BCUT2D eigenvalue weighted by Crippen LogP contribution is 2.15. The largest absolute Gasteiger partial charge is 0.508 e. The molecule has 0 bridgehead atoms. The molecule has 0 aliphatic rings. The van der Waals surface area contributed by atoms with Gasteiger partial charge in [-0.1, -0.05) is 96.8 Å². The molecule has 0 atom stereocenters. The van der Waals surface area contributed by atoms with Crippen LogP contribution in [-0.4, -0.2) is 5.11 Å². The molecule has 0 saturated heterocycles. The molecule has 1 aromatic heterocycles. The number of aromatic hydroxyl groups is 1. The lowest BCUT2D eigenvalue weighted by molar-refractivity contribution is 0.418. The van der Waals surface area contributed by atoms with Gasteiger partial charge in [-0.15, -0.1) is 0 Å². The van der Waals surface area contributed by atoms with E-state index in [1.165, 1.54) is 83.5 Å². The maximum Gasteiger partial charge on any atom is 0.339 e. The van der Waals surface area contributed by atoms with Gasteiger partial charge >= 0.3 is 5.63 Å². The van der Waals surface area contributed by atoms with E-state index in [2.05, 4.69) is 6.92 Å². The molecule has 0 radical (unpaired) electrons. The van der Waals surface area contributed by atoms with Crippen molar-refractivity contribution in [3.63, 3.8) is 0 Å². The van der Waals surface area contributed by atoms with Crippen molar-refractivity contribution in [3.8, 4) is 5.75 Å². The first-order valence-corrected chi connectivity index (χ1v) is 10.6. The molecule has 1 heterocycles. The van der Waals surface area contributed by atoms with Crippen LogP contribution in [0, 0.1) is 0 Å².